The normalized spacial score (nSPS) is 17.7. The van der Waals surface area contributed by atoms with Crippen LogP contribution in [0.1, 0.15) is 12.8 Å². The Morgan fingerprint density at radius 3 is 2.78 bits per heavy atom. The number of nitrogens with zero attached hydrogens (tertiary/aromatic N) is 3. The van der Waals surface area contributed by atoms with Gasteiger partial charge in [-0.05, 0) is 49.1 Å². The van der Waals surface area contributed by atoms with Gasteiger partial charge in [0.2, 0.25) is 0 Å². The second kappa shape index (κ2) is 7.42. The molecule has 1 aromatic heterocycles. The van der Waals surface area contributed by atoms with Gasteiger partial charge in [0.15, 0.2) is 5.82 Å². The van der Waals surface area contributed by atoms with Crippen LogP contribution < -0.4 is 9.64 Å². The molecule has 23 heavy (non-hydrogen) atoms. The monoisotopic (exact) mass is 313 g/mol. The van der Waals surface area contributed by atoms with Crippen LogP contribution in [0.2, 0.25) is 0 Å². The highest BCUT2D eigenvalue weighted by Crippen LogP contribution is 2.22. The predicted molar refractivity (Wildman–Crippen MR) is 90.8 cm³/mol. The van der Waals surface area contributed by atoms with Crippen LogP contribution in [0.25, 0.3) is 11.4 Å². The first-order valence-corrected chi connectivity index (χ1v) is 8.02. The third-order valence-corrected chi connectivity index (χ3v) is 4.17. The molecular weight excluding hydrogens is 290 g/mol. The fraction of sp³-hybridized carbons (Fsp3) is 0.444. The topological polar surface area (TPSA) is 47.5 Å². The van der Waals surface area contributed by atoms with Gasteiger partial charge in [-0.3, -0.25) is 0 Å². The Balaban J connectivity index is 1.72. The van der Waals surface area contributed by atoms with Gasteiger partial charge in [-0.15, -0.1) is 0 Å². The fourth-order valence-corrected chi connectivity index (χ4v) is 2.87. The smallest absolute Gasteiger partial charge is 0.161 e. The first kappa shape index (κ1) is 15.7. The molecule has 1 aromatic carbocycles. The number of hydrogen-bond donors (Lipinski definition) is 0. The molecule has 0 saturated carbocycles. The van der Waals surface area contributed by atoms with Crippen LogP contribution in [0.3, 0.4) is 0 Å². The summed E-state index contributed by atoms with van der Waals surface area (Å²) in [7, 11) is 3.74. The quantitative estimate of drug-likeness (QED) is 0.849. The van der Waals surface area contributed by atoms with Crippen molar-refractivity contribution in [1.29, 1.82) is 0 Å². The zero-order valence-corrected chi connectivity index (χ0v) is 13.7. The van der Waals surface area contributed by atoms with Crippen LogP contribution in [-0.4, -0.2) is 43.9 Å². The second-order valence-corrected chi connectivity index (χ2v) is 5.93. The van der Waals surface area contributed by atoms with E-state index in [1.807, 2.05) is 36.5 Å². The van der Waals surface area contributed by atoms with Crippen LogP contribution in [0.4, 0.5) is 5.82 Å². The maximum atomic E-state index is 5.56. The average Bonchev–Trinajstić information content (AvgIpc) is 2.63. The maximum absolute atomic E-state index is 5.56. The maximum Gasteiger partial charge on any atom is 0.161 e. The van der Waals surface area contributed by atoms with Crippen molar-refractivity contribution in [1.82, 2.24) is 9.97 Å². The van der Waals surface area contributed by atoms with Crippen LogP contribution in [0, 0.1) is 5.92 Å². The Labute approximate surface area is 137 Å². The second-order valence-electron chi connectivity index (χ2n) is 5.93. The first-order valence-electron chi connectivity index (χ1n) is 8.02. The zero-order valence-electron chi connectivity index (χ0n) is 13.7. The average molecular weight is 313 g/mol. The minimum absolute atomic E-state index is 0.577. The van der Waals surface area contributed by atoms with E-state index in [1.54, 1.807) is 7.11 Å². The number of hydrogen-bond acceptors (Lipinski definition) is 5. The SMILES string of the molecule is COc1ccc(-c2nccc(N(C)CC3CCCOC3)n2)cc1. The molecule has 1 unspecified atom stereocenters. The molecule has 1 fully saturated rings. The standard InChI is InChI=1S/C18H23N3O2/c1-21(12-14-4-3-11-23-13-14)17-9-10-19-18(20-17)15-5-7-16(22-2)8-6-15/h5-10,14H,3-4,11-13H2,1-2H3. The molecule has 5 heteroatoms. The molecule has 2 heterocycles. The van der Waals surface area contributed by atoms with Crippen molar-refractivity contribution in [3.63, 3.8) is 0 Å². The van der Waals surface area contributed by atoms with Gasteiger partial charge in [-0.25, -0.2) is 9.97 Å². The number of anilines is 1. The minimum Gasteiger partial charge on any atom is -0.497 e. The summed E-state index contributed by atoms with van der Waals surface area (Å²) in [5, 5.41) is 0. The Morgan fingerprint density at radius 1 is 1.26 bits per heavy atom. The van der Waals surface area contributed by atoms with Crippen LogP contribution in [0.5, 0.6) is 5.75 Å². The summed E-state index contributed by atoms with van der Waals surface area (Å²) in [5.74, 6) is 3.08. The lowest BCUT2D eigenvalue weighted by Gasteiger charge is -2.27. The van der Waals surface area contributed by atoms with Gasteiger partial charge in [-0.2, -0.15) is 0 Å². The van der Waals surface area contributed by atoms with E-state index >= 15 is 0 Å². The molecule has 1 atom stereocenters. The molecule has 0 radical (unpaired) electrons. The van der Waals surface area contributed by atoms with Crippen LogP contribution in [-0.2, 0) is 4.74 Å². The Bertz CT molecular complexity index is 624. The number of rotatable bonds is 5. The number of methoxy groups -OCH3 is 1. The lowest BCUT2D eigenvalue weighted by atomic mass is 10.0. The Morgan fingerprint density at radius 2 is 2.09 bits per heavy atom. The minimum atomic E-state index is 0.577. The third-order valence-electron chi connectivity index (χ3n) is 4.17. The van der Waals surface area contributed by atoms with Crippen molar-refractivity contribution < 1.29 is 9.47 Å². The van der Waals surface area contributed by atoms with Crippen molar-refractivity contribution in [3.8, 4) is 17.1 Å². The van der Waals surface area contributed by atoms with Gasteiger partial charge in [0.1, 0.15) is 11.6 Å². The molecule has 0 amide bonds. The molecule has 122 valence electrons. The van der Waals surface area contributed by atoms with Crippen molar-refractivity contribution in [2.24, 2.45) is 5.92 Å². The van der Waals surface area contributed by atoms with E-state index < -0.39 is 0 Å². The summed E-state index contributed by atoms with van der Waals surface area (Å²) in [6.45, 7) is 2.70. The lowest BCUT2D eigenvalue weighted by molar-refractivity contribution is 0.0576. The predicted octanol–water partition coefficient (Wildman–Crippen LogP) is 3.02. The molecule has 0 bridgehead atoms. The number of ether oxygens (including phenoxy) is 2. The zero-order chi connectivity index (χ0) is 16.1. The molecule has 0 spiro atoms. The van der Waals surface area contributed by atoms with Gasteiger partial charge in [-0.1, -0.05) is 0 Å². The molecular formula is C18H23N3O2. The van der Waals surface area contributed by atoms with E-state index in [4.69, 9.17) is 14.5 Å². The van der Waals surface area contributed by atoms with Crippen molar-refractivity contribution in [2.45, 2.75) is 12.8 Å². The van der Waals surface area contributed by atoms with E-state index in [1.165, 1.54) is 6.42 Å². The molecule has 0 aliphatic carbocycles. The highest BCUT2D eigenvalue weighted by Gasteiger charge is 2.17. The van der Waals surface area contributed by atoms with Crippen LogP contribution >= 0.6 is 0 Å². The molecule has 5 nitrogen and oxygen atoms in total. The molecule has 1 aliphatic rings. The van der Waals surface area contributed by atoms with Gasteiger partial charge in [0.25, 0.3) is 0 Å². The summed E-state index contributed by atoms with van der Waals surface area (Å²) in [4.78, 5) is 11.3. The van der Waals surface area contributed by atoms with Gasteiger partial charge in [0, 0.05) is 32.0 Å². The molecule has 0 N–H and O–H groups in total. The largest absolute Gasteiger partial charge is 0.497 e. The van der Waals surface area contributed by atoms with Crippen molar-refractivity contribution in [2.75, 3.05) is 38.8 Å². The van der Waals surface area contributed by atoms with Crippen molar-refractivity contribution >= 4 is 5.82 Å². The van der Waals surface area contributed by atoms with Gasteiger partial charge in [0.05, 0.1) is 13.7 Å². The van der Waals surface area contributed by atoms with Crippen molar-refractivity contribution in [3.05, 3.63) is 36.5 Å². The first-order chi connectivity index (χ1) is 11.3. The van der Waals surface area contributed by atoms with E-state index in [9.17, 15) is 0 Å². The summed E-state index contributed by atoms with van der Waals surface area (Å²) < 4.78 is 10.8. The van der Waals surface area contributed by atoms with E-state index in [0.717, 1.165) is 49.1 Å². The highest BCUT2D eigenvalue weighted by atomic mass is 16.5. The van der Waals surface area contributed by atoms with E-state index in [0.29, 0.717) is 5.92 Å². The molecule has 2 aromatic rings. The molecule has 1 aliphatic heterocycles. The van der Waals surface area contributed by atoms with Crippen LogP contribution in [0.15, 0.2) is 36.5 Å². The lowest BCUT2D eigenvalue weighted by Crippen LogP contribution is -2.31. The van der Waals surface area contributed by atoms with E-state index in [-0.39, 0.29) is 0 Å². The summed E-state index contributed by atoms with van der Waals surface area (Å²) in [6, 6.07) is 9.76. The summed E-state index contributed by atoms with van der Waals surface area (Å²) in [6.07, 6.45) is 4.19. The highest BCUT2D eigenvalue weighted by molar-refractivity contribution is 5.58. The molecule has 1 saturated heterocycles. The summed E-state index contributed by atoms with van der Waals surface area (Å²) >= 11 is 0. The number of benzene rings is 1. The third kappa shape index (κ3) is 3.99. The van der Waals surface area contributed by atoms with E-state index in [2.05, 4.69) is 16.9 Å². The number of aromatic nitrogens is 2. The fourth-order valence-electron chi connectivity index (χ4n) is 2.87. The summed E-state index contributed by atoms with van der Waals surface area (Å²) in [5.41, 5.74) is 0.988. The molecule has 3 rings (SSSR count). The van der Waals surface area contributed by atoms with Gasteiger partial charge < -0.3 is 14.4 Å². The van der Waals surface area contributed by atoms with Gasteiger partial charge >= 0.3 is 0 Å². The Kier molecular flexibility index (Phi) is 5.08. The Hall–Kier alpha value is -2.14.